The maximum absolute atomic E-state index is 11.2. The van der Waals surface area contributed by atoms with Crippen molar-refractivity contribution in [3.63, 3.8) is 0 Å². The van der Waals surface area contributed by atoms with Crippen molar-refractivity contribution < 1.29 is 9.53 Å². The molecule has 138 valence electrons. The van der Waals surface area contributed by atoms with E-state index < -0.39 is 0 Å². The highest BCUT2D eigenvalue weighted by atomic mass is 16.5. The molecular formula is C21H22N4O2. The van der Waals surface area contributed by atoms with E-state index in [9.17, 15) is 4.79 Å². The average molecular weight is 362 g/mol. The number of hydrogen-bond donors (Lipinski definition) is 1. The van der Waals surface area contributed by atoms with Crippen LogP contribution in [0.1, 0.15) is 12.5 Å². The second-order valence-corrected chi connectivity index (χ2v) is 6.69. The normalized spacial score (nSPS) is 15.0. The van der Waals surface area contributed by atoms with Gasteiger partial charge in [-0.05, 0) is 29.8 Å². The number of benzene rings is 1. The molecule has 1 aromatic carbocycles. The molecule has 0 aliphatic carbocycles. The summed E-state index contributed by atoms with van der Waals surface area (Å²) in [6.07, 6.45) is 1.66. The Kier molecular flexibility index (Phi) is 5.09. The largest absolute Gasteiger partial charge is 0.379 e. The van der Waals surface area contributed by atoms with Gasteiger partial charge in [-0.2, -0.15) is 0 Å². The van der Waals surface area contributed by atoms with Gasteiger partial charge >= 0.3 is 0 Å². The Morgan fingerprint density at radius 2 is 1.96 bits per heavy atom. The zero-order valence-corrected chi connectivity index (χ0v) is 15.3. The number of morpholine rings is 1. The summed E-state index contributed by atoms with van der Waals surface area (Å²) in [6.45, 7) is 5.79. The predicted molar refractivity (Wildman–Crippen MR) is 105 cm³/mol. The SMILES string of the molecule is CC(=O)Nc1ccc(-c2cc(CN3CCOCC3)c3ccccc3n2)nc1. The number of rotatable bonds is 4. The van der Waals surface area contributed by atoms with Gasteiger partial charge in [0, 0.05) is 31.9 Å². The van der Waals surface area contributed by atoms with Crippen LogP contribution in [0.5, 0.6) is 0 Å². The summed E-state index contributed by atoms with van der Waals surface area (Å²) < 4.78 is 5.46. The number of aromatic nitrogens is 2. The molecule has 1 aliphatic heterocycles. The van der Waals surface area contributed by atoms with Crippen molar-refractivity contribution in [3.05, 3.63) is 54.2 Å². The third-order valence-corrected chi connectivity index (χ3v) is 4.65. The van der Waals surface area contributed by atoms with Crippen LogP contribution in [0.15, 0.2) is 48.7 Å². The number of hydrogen-bond acceptors (Lipinski definition) is 5. The quantitative estimate of drug-likeness (QED) is 0.772. The summed E-state index contributed by atoms with van der Waals surface area (Å²) in [7, 11) is 0. The fourth-order valence-electron chi connectivity index (χ4n) is 3.33. The number of nitrogens with one attached hydrogen (secondary N) is 1. The van der Waals surface area contributed by atoms with Crippen molar-refractivity contribution in [1.82, 2.24) is 14.9 Å². The maximum Gasteiger partial charge on any atom is 0.221 e. The molecule has 4 rings (SSSR count). The Morgan fingerprint density at radius 3 is 2.70 bits per heavy atom. The number of pyridine rings is 2. The molecule has 6 nitrogen and oxygen atoms in total. The molecule has 1 amide bonds. The molecule has 0 saturated carbocycles. The smallest absolute Gasteiger partial charge is 0.221 e. The van der Waals surface area contributed by atoms with Gasteiger partial charge < -0.3 is 10.1 Å². The molecule has 3 heterocycles. The molecule has 6 heteroatoms. The van der Waals surface area contributed by atoms with Gasteiger partial charge in [-0.25, -0.2) is 4.98 Å². The summed E-state index contributed by atoms with van der Waals surface area (Å²) >= 11 is 0. The second-order valence-electron chi connectivity index (χ2n) is 6.69. The lowest BCUT2D eigenvalue weighted by atomic mass is 10.1. The number of ether oxygens (including phenoxy) is 1. The molecule has 0 unspecified atom stereocenters. The average Bonchev–Trinajstić information content (AvgIpc) is 2.69. The molecule has 0 radical (unpaired) electrons. The number of carbonyl (C=O) groups excluding carboxylic acids is 1. The number of anilines is 1. The van der Waals surface area contributed by atoms with E-state index in [-0.39, 0.29) is 5.91 Å². The van der Waals surface area contributed by atoms with E-state index in [2.05, 4.69) is 27.3 Å². The van der Waals surface area contributed by atoms with Crippen molar-refractivity contribution in [2.75, 3.05) is 31.6 Å². The number of nitrogens with zero attached hydrogens (tertiary/aromatic N) is 3. The van der Waals surface area contributed by atoms with Crippen LogP contribution in [0.3, 0.4) is 0 Å². The maximum atomic E-state index is 11.2. The monoisotopic (exact) mass is 362 g/mol. The third-order valence-electron chi connectivity index (χ3n) is 4.65. The molecule has 1 aliphatic rings. The van der Waals surface area contributed by atoms with Crippen molar-refractivity contribution in [2.45, 2.75) is 13.5 Å². The number of para-hydroxylation sites is 1. The lowest BCUT2D eigenvalue weighted by Gasteiger charge is -2.27. The first-order valence-corrected chi connectivity index (χ1v) is 9.12. The fraction of sp³-hybridized carbons (Fsp3) is 0.286. The predicted octanol–water partition coefficient (Wildman–Crippen LogP) is 3.09. The van der Waals surface area contributed by atoms with Crippen LogP contribution in [0.2, 0.25) is 0 Å². The summed E-state index contributed by atoms with van der Waals surface area (Å²) in [4.78, 5) is 22.9. The summed E-state index contributed by atoms with van der Waals surface area (Å²) in [5.74, 6) is -0.110. The Bertz CT molecular complexity index is 950. The highest BCUT2D eigenvalue weighted by Gasteiger charge is 2.14. The standard InChI is InChI=1S/C21H22N4O2/c1-15(26)23-17-6-7-20(22-13-17)21-12-16(14-25-8-10-27-11-9-25)18-4-2-3-5-19(18)24-21/h2-7,12-13H,8-11,14H2,1H3,(H,23,26). The van der Waals surface area contributed by atoms with Gasteiger partial charge in [0.2, 0.25) is 5.91 Å². The molecule has 27 heavy (non-hydrogen) atoms. The van der Waals surface area contributed by atoms with Crippen molar-refractivity contribution in [1.29, 1.82) is 0 Å². The zero-order valence-electron chi connectivity index (χ0n) is 15.3. The van der Waals surface area contributed by atoms with E-state index in [0.29, 0.717) is 5.69 Å². The summed E-state index contributed by atoms with van der Waals surface area (Å²) in [6, 6.07) is 14.1. The molecule has 2 aromatic heterocycles. The minimum atomic E-state index is -0.110. The minimum Gasteiger partial charge on any atom is -0.379 e. The van der Waals surface area contributed by atoms with Gasteiger partial charge in [0.15, 0.2) is 0 Å². The molecule has 0 spiro atoms. The van der Waals surface area contributed by atoms with Gasteiger partial charge in [-0.1, -0.05) is 18.2 Å². The Labute approximate surface area is 158 Å². The molecule has 0 atom stereocenters. The second kappa shape index (κ2) is 7.82. The van der Waals surface area contributed by atoms with Crippen LogP contribution in [0.25, 0.3) is 22.3 Å². The van der Waals surface area contributed by atoms with E-state index in [0.717, 1.165) is 49.8 Å². The lowest BCUT2D eigenvalue weighted by Crippen LogP contribution is -2.35. The first kappa shape index (κ1) is 17.6. The highest BCUT2D eigenvalue weighted by Crippen LogP contribution is 2.25. The van der Waals surface area contributed by atoms with Gasteiger partial charge in [0.05, 0.1) is 42.0 Å². The van der Waals surface area contributed by atoms with Crippen LogP contribution in [0, 0.1) is 0 Å². The van der Waals surface area contributed by atoms with Gasteiger partial charge in [0.1, 0.15) is 0 Å². The minimum absolute atomic E-state index is 0.110. The topological polar surface area (TPSA) is 67.4 Å². The van der Waals surface area contributed by atoms with Crippen LogP contribution in [-0.4, -0.2) is 47.1 Å². The third kappa shape index (κ3) is 4.13. The van der Waals surface area contributed by atoms with Crippen molar-refractivity contribution in [2.24, 2.45) is 0 Å². The summed E-state index contributed by atoms with van der Waals surface area (Å²) in [5, 5.41) is 3.91. The number of amides is 1. The molecule has 0 bridgehead atoms. The molecule has 1 saturated heterocycles. The van der Waals surface area contributed by atoms with Gasteiger partial charge in [-0.15, -0.1) is 0 Å². The summed E-state index contributed by atoms with van der Waals surface area (Å²) in [5.41, 5.74) is 4.52. The van der Waals surface area contributed by atoms with E-state index >= 15 is 0 Å². The van der Waals surface area contributed by atoms with Crippen LogP contribution < -0.4 is 5.32 Å². The fourth-order valence-corrected chi connectivity index (χ4v) is 3.33. The molecule has 1 N–H and O–H groups in total. The Morgan fingerprint density at radius 1 is 1.15 bits per heavy atom. The number of carbonyl (C=O) groups is 1. The Balaban J connectivity index is 1.69. The van der Waals surface area contributed by atoms with Gasteiger partial charge in [0.25, 0.3) is 0 Å². The molecule has 1 fully saturated rings. The van der Waals surface area contributed by atoms with E-state index in [1.165, 1.54) is 17.9 Å². The highest BCUT2D eigenvalue weighted by molar-refractivity contribution is 5.89. The number of fused-ring (bicyclic) bond motifs is 1. The zero-order chi connectivity index (χ0) is 18.6. The van der Waals surface area contributed by atoms with Crippen molar-refractivity contribution in [3.8, 4) is 11.4 Å². The van der Waals surface area contributed by atoms with E-state index in [1.54, 1.807) is 6.20 Å². The van der Waals surface area contributed by atoms with Crippen LogP contribution in [-0.2, 0) is 16.1 Å². The molecule has 3 aromatic rings. The van der Waals surface area contributed by atoms with Crippen LogP contribution in [0.4, 0.5) is 5.69 Å². The van der Waals surface area contributed by atoms with Crippen LogP contribution >= 0.6 is 0 Å². The first-order chi connectivity index (χ1) is 13.2. The molecular weight excluding hydrogens is 340 g/mol. The van der Waals surface area contributed by atoms with E-state index in [4.69, 9.17) is 9.72 Å². The van der Waals surface area contributed by atoms with Gasteiger partial charge in [-0.3, -0.25) is 14.7 Å². The Hall–Kier alpha value is -2.83. The van der Waals surface area contributed by atoms with E-state index in [1.807, 2.05) is 30.3 Å². The first-order valence-electron chi connectivity index (χ1n) is 9.12. The lowest BCUT2D eigenvalue weighted by molar-refractivity contribution is -0.114. The van der Waals surface area contributed by atoms with Crippen molar-refractivity contribution >= 4 is 22.5 Å².